The lowest BCUT2D eigenvalue weighted by molar-refractivity contribution is 0.102. The second-order valence-electron chi connectivity index (χ2n) is 3.94. The number of aryl methyl sites for hydroxylation is 1. The highest BCUT2D eigenvalue weighted by molar-refractivity contribution is 14.1. The lowest BCUT2D eigenvalue weighted by Gasteiger charge is -2.05. The zero-order valence-corrected chi connectivity index (χ0v) is 12.1. The number of anilines is 1. The van der Waals surface area contributed by atoms with Gasteiger partial charge >= 0.3 is 0 Å². The van der Waals surface area contributed by atoms with E-state index in [0.29, 0.717) is 5.82 Å². The third-order valence-corrected chi connectivity index (χ3v) is 3.36. The zero-order valence-electron chi connectivity index (χ0n) is 9.91. The predicted octanol–water partition coefficient (Wildman–Crippen LogP) is 2.59. The number of halogens is 1. The number of amides is 1. The number of benzene rings is 1. The second kappa shape index (κ2) is 4.97. The summed E-state index contributed by atoms with van der Waals surface area (Å²) in [5.41, 5.74) is 2.02. The number of aromatic nitrogens is 2. The summed E-state index contributed by atoms with van der Waals surface area (Å²) in [6.45, 7) is 3.74. The minimum absolute atomic E-state index is 0.0437. The topological polar surface area (TPSA) is 78.0 Å². The quantitative estimate of drug-likeness (QED) is 0.723. The Morgan fingerprint density at radius 1 is 1.44 bits per heavy atom. The van der Waals surface area contributed by atoms with Crippen LogP contribution in [0, 0.1) is 17.4 Å². The van der Waals surface area contributed by atoms with E-state index >= 15 is 0 Å². The number of phenols is 1. The number of H-pyrrole nitrogens is 1. The van der Waals surface area contributed by atoms with Gasteiger partial charge in [-0.2, -0.15) is 5.10 Å². The van der Waals surface area contributed by atoms with Gasteiger partial charge in [0.1, 0.15) is 5.75 Å². The molecule has 0 saturated carbocycles. The Morgan fingerprint density at radius 2 is 2.17 bits per heavy atom. The predicted molar refractivity (Wildman–Crippen MR) is 76.8 cm³/mol. The number of hydrogen-bond donors (Lipinski definition) is 3. The van der Waals surface area contributed by atoms with Gasteiger partial charge in [-0.05, 0) is 54.6 Å². The van der Waals surface area contributed by atoms with Crippen LogP contribution in [0.15, 0.2) is 18.2 Å². The van der Waals surface area contributed by atoms with E-state index in [2.05, 4.69) is 38.1 Å². The fourth-order valence-corrected chi connectivity index (χ4v) is 1.96. The van der Waals surface area contributed by atoms with Crippen LogP contribution in [0.2, 0.25) is 0 Å². The summed E-state index contributed by atoms with van der Waals surface area (Å²) < 4.78 is 0.880. The van der Waals surface area contributed by atoms with Crippen LogP contribution in [-0.4, -0.2) is 21.2 Å². The van der Waals surface area contributed by atoms with Gasteiger partial charge in [0.2, 0.25) is 0 Å². The van der Waals surface area contributed by atoms with Crippen molar-refractivity contribution in [3.05, 3.63) is 38.6 Å². The fraction of sp³-hybridized carbons (Fsp3) is 0.167. The van der Waals surface area contributed by atoms with Crippen molar-refractivity contribution in [3.8, 4) is 5.75 Å². The average molecular weight is 357 g/mol. The first-order valence-electron chi connectivity index (χ1n) is 5.30. The Hall–Kier alpha value is -1.57. The highest BCUT2D eigenvalue weighted by Gasteiger charge is 2.14. The average Bonchev–Trinajstić information content (AvgIpc) is 2.64. The van der Waals surface area contributed by atoms with Crippen molar-refractivity contribution in [3.63, 3.8) is 0 Å². The smallest absolute Gasteiger partial charge is 0.260 e. The van der Waals surface area contributed by atoms with E-state index in [0.717, 1.165) is 14.8 Å². The van der Waals surface area contributed by atoms with Crippen LogP contribution in [0.1, 0.15) is 21.6 Å². The molecule has 0 bridgehead atoms. The first kappa shape index (κ1) is 12.9. The van der Waals surface area contributed by atoms with Gasteiger partial charge < -0.3 is 10.4 Å². The molecule has 0 aliphatic carbocycles. The number of aromatic amines is 1. The molecule has 0 spiro atoms. The van der Waals surface area contributed by atoms with Gasteiger partial charge in [-0.1, -0.05) is 0 Å². The Morgan fingerprint density at radius 3 is 2.78 bits per heavy atom. The maximum atomic E-state index is 12.0. The summed E-state index contributed by atoms with van der Waals surface area (Å²) in [5, 5.41) is 19.1. The van der Waals surface area contributed by atoms with Crippen molar-refractivity contribution in [2.75, 3.05) is 5.32 Å². The molecule has 1 heterocycles. The van der Waals surface area contributed by atoms with Crippen LogP contribution in [0.3, 0.4) is 0 Å². The molecule has 0 radical (unpaired) electrons. The maximum Gasteiger partial charge on any atom is 0.260 e. The minimum Gasteiger partial charge on any atom is -0.507 e. The van der Waals surface area contributed by atoms with Crippen LogP contribution >= 0.6 is 22.6 Å². The molecule has 0 aliphatic heterocycles. The molecule has 3 N–H and O–H groups in total. The van der Waals surface area contributed by atoms with Crippen molar-refractivity contribution in [2.45, 2.75) is 13.8 Å². The zero-order chi connectivity index (χ0) is 13.3. The second-order valence-corrected chi connectivity index (χ2v) is 5.18. The summed E-state index contributed by atoms with van der Waals surface area (Å²) in [6, 6.07) is 4.86. The molecule has 0 aliphatic rings. The SMILES string of the molecule is Cc1[nH]nc(NC(=O)c2cc(I)ccc2O)c1C. The summed E-state index contributed by atoms with van der Waals surface area (Å²) in [5.74, 6) is 0.0641. The van der Waals surface area contributed by atoms with Crippen LogP contribution < -0.4 is 5.32 Å². The third-order valence-electron chi connectivity index (χ3n) is 2.69. The van der Waals surface area contributed by atoms with Crippen LogP contribution in [0.25, 0.3) is 0 Å². The third kappa shape index (κ3) is 2.47. The van der Waals surface area contributed by atoms with Crippen LogP contribution in [0.5, 0.6) is 5.75 Å². The molecule has 2 aromatic rings. The van der Waals surface area contributed by atoms with Gasteiger partial charge in [-0.25, -0.2) is 0 Å². The molecule has 2 rings (SSSR count). The van der Waals surface area contributed by atoms with Crippen molar-refractivity contribution in [2.24, 2.45) is 0 Å². The Balaban J connectivity index is 2.27. The van der Waals surface area contributed by atoms with E-state index in [4.69, 9.17) is 0 Å². The summed E-state index contributed by atoms with van der Waals surface area (Å²) in [7, 11) is 0. The molecule has 94 valence electrons. The minimum atomic E-state index is -0.374. The first-order chi connectivity index (χ1) is 8.49. The van der Waals surface area contributed by atoms with E-state index in [1.807, 2.05) is 13.8 Å². The Bertz CT molecular complexity index is 607. The molecular weight excluding hydrogens is 345 g/mol. The number of carbonyl (C=O) groups excluding carboxylic acids is 1. The molecule has 1 aromatic heterocycles. The molecule has 1 aromatic carbocycles. The Labute approximate surface area is 118 Å². The summed E-state index contributed by atoms with van der Waals surface area (Å²) >= 11 is 2.08. The van der Waals surface area contributed by atoms with Gasteiger partial charge in [0.05, 0.1) is 5.56 Å². The van der Waals surface area contributed by atoms with E-state index in [-0.39, 0.29) is 17.2 Å². The highest BCUT2D eigenvalue weighted by Crippen LogP contribution is 2.22. The standard InChI is InChI=1S/C12H12IN3O2/c1-6-7(2)15-16-11(6)14-12(18)9-5-8(13)3-4-10(9)17/h3-5,17H,1-2H3,(H2,14,15,16,18). The molecule has 18 heavy (non-hydrogen) atoms. The van der Waals surface area contributed by atoms with Gasteiger partial charge in [-0.3, -0.25) is 9.89 Å². The van der Waals surface area contributed by atoms with Gasteiger partial charge in [0, 0.05) is 14.8 Å². The molecule has 0 unspecified atom stereocenters. The molecule has 0 atom stereocenters. The van der Waals surface area contributed by atoms with E-state index < -0.39 is 0 Å². The summed E-state index contributed by atoms with van der Waals surface area (Å²) in [4.78, 5) is 12.0. The lowest BCUT2D eigenvalue weighted by atomic mass is 10.2. The van der Waals surface area contributed by atoms with Crippen molar-refractivity contribution in [1.29, 1.82) is 0 Å². The normalized spacial score (nSPS) is 10.4. The van der Waals surface area contributed by atoms with E-state index in [1.54, 1.807) is 12.1 Å². The van der Waals surface area contributed by atoms with Crippen molar-refractivity contribution in [1.82, 2.24) is 10.2 Å². The number of nitrogens with one attached hydrogen (secondary N) is 2. The molecule has 0 saturated heterocycles. The number of phenolic OH excluding ortho intramolecular Hbond substituents is 1. The van der Waals surface area contributed by atoms with Crippen LogP contribution in [-0.2, 0) is 0 Å². The van der Waals surface area contributed by atoms with E-state index in [1.165, 1.54) is 6.07 Å². The summed E-state index contributed by atoms with van der Waals surface area (Å²) in [6.07, 6.45) is 0. The Kier molecular flexibility index (Phi) is 3.55. The molecule has 1 amide bonds. The largest absolute Gasteiger partial charge is 0.507 e. The number of aromatic hydroxyl groups is 1. The van der Waals surface area contributed by atoms with Crippen LogP contribution in [0.4, 0.5) is 5.82 Å². The van der Waals surface area contributed by atoms with Gasteiger partial charge in [0.25, 0.3) is 5.91 Å². The number of carbonyl (C=O) groups is 1. The van der Waals surface area contributed by atoms with Gasteiger partial charge in [-0.15, -0.1) is 0 Å². The van der Waals surface area contributed by atoms with Gasteiger partial charge in [0.15, 0.2) is 5.82 Å². The van der Waals surface area contributed by atoms with E-state index in [9.17, 15) is 9.90 Å². The monoisotopic (exact) mass is 357 g/mol. The lowest BCUT2D eigenvalue weighted by Crippen LogP contribution is -2.13. The molecule has 6 heteroatoms. The molecule has 0 fully saturated rings. The van der Waals surface area contributed by atoms with Crippen molar-refractivity contribution < 1.29 is 9.90 Å². The number of nitrogens with zero attached hydrogens (tertiary/aromatic N) is 1. The highest BCUT2D eigenvalue weighted by atomic mass is 127. The maximum absolute atomic E-state index is 12.0. The number of hydrogen-bond acceptors (Lipinski definition) is 3. The fourth-order valence-electron chi connectivity index (χ4n) is 1.47. The molecular formula is C12H12IN3O2. The number of rotatable bonds is 2. The molecule has 5 nitrogen and oxygen atoms in total. The first-order valence-corrected chi connectivity index (χ1v) is 6.38. The van der Waals surface area contributed by atoms with Crippen molar-refractivity contribution >= 4 is 34.3 Å².